The van der Waals surface area contributed by atoms with Gasteiger partial charge in [-0.05, 0) is 18.1 Å². The Bertz CT molecular complexity index is 1600. The zero-order valence-electron chi connectivity index (χ0n) is 22.8. The summed E-state index contributed by atoms with van der Waals surface area (Å²) in [5.74, 6) is -2.58. The van der Waals surface area contributed by atoms with Gasteiger partial charge in [-0.3, -0.25) is 14.5 Å². The number of nitrogens with one attached hydrogen (secondary N) is 1. The Morgan fingerprint density at radius 2 is 1.71 bits per heavy atom. The lowest BCUT2D eigenvalue weighted by Gasteiger charge is -2.26. The normalized spacial score (nSPS) is 13.9. The zero-order chi connectivity index (χ0) is 30.3. The van der Waals surface area contributed by atoms with E-state index in [1.165, 1.54) is 11.3 Å². The fraction of sp³-hybridized carbons (Fsp3) is 0.345. The van der Waals surface area contributed by atoms with Crippen molar-refractivity contribution < 1.29 is 37.3 Å². The molecule has 42 heavy (non-hydrogen) atoms. The molecule has 1 saturated heterocycles. The highest BCUT2D eigenvalue weighted by Gasteiger charge is 2.38. The molecular formula is C29H30F3N3O6S. The number of benzene rings is 2. The van der Waals surface area contributed by atoms with Gasteiger partial charge in [0.2, 0.25) is 0 Å². The van der Waals surface area contributed by atoms with Gasteiger partial charge in [-0.2, -0.15) is 13.2 Å². The number of halogens is 3. The molecule has 0 aliphatic carbocycles. The van der Waals surface area contributed by atoms with Crippen LogP contribution in [0.5, 0.6) is 5.75 Å². The molecule has 1 aliphatic heterocycles. The summed E-state index contributed by atoms with van der Waals surface area (Å²) >= 11 is 1.33. The van der Waals surface area contributed by atoms with E-state index in [0.29, 0.717) is 48.9 Å². The van der Waals surface area contributed by atoms with Gasteiger partial charge in [-0.15, -0.1) is 11.3 Å². The number of carboxylic acids is 1. The topological polar surface area (TPSA) is 110 Å². The molecule has 0 radical (unpaired) electrons. The first-order chi connectivity index (χ1) is 20.1. The molecular weight excluding hydrogens is 575 g/mol. The number of carbonyl (C=O) groups is 2. The maximum Gasteiger partial charge on any atom is 0.490 e. The van der Waals surface area contributed by atoms with Gasteiger partial charge in [0.05, 0.1) is 23.4 Å². The van der Waals surface area contributed by atoms with Gasteiger partial charge in [0.15, 0.2) is 5.75 Å². The van der Waals surface area contributed by atoms with Gasteiger partial charge in [0.1, 0.15) is 16.9 Å². The van der Waals surface area contributed by atoms with E-state index in [9.17, 15) is 22.8 Å². The Morgan fingerprint density at radius 3 is 2.38 bits per heavy atom. The molecule has 0 spiro atoms. The number of alkyl halides is 3. The number of carboxylic acid groups (broad SMARTS) is 1. The number of rotatable bonds is 8. The van der Waals surface area contributed by atoms with Crippen molar-refractivity contribution in [2.45, 2.75) is 12.6 Å². The van der Waals surface area contributed by atoms with Crippen molar-refractivity contribution in [3.8, 4) is 5.75 Å². The number of amides is 1. The van der Waals surface area contributed by atoms with E-state index in [2.05, 4.69) is 10.2 Å². The van der Waals surface area contributed by atoms with Crippen LogP contribution in [0, 0.1) is 0 Å². The predicted octanol–water partition coefficient (Wildman–Crippen LogP) is 4.07. The Balaban J connectivity index is 0.000000517. The average molecular weight is 606 g/mol. The van der Waals surface area contributed by atoms with Crippen LogP contribution in [0.25, 0.3) is 21.0 Å². The molecule has 0 bridgehead atoms. The second kappa shape index (κ2) is 13.8. The molecule has 5 rings (SSSR count). The molecule has 2 N–H and O–H groups in total. The van der Waals surface area contributed by atoms with Crippen LogP contribution in [0.3, 0.4) is 0 Å². The second-order valence-electron chi connectivity index (χ2n) is 9.44. The lowest BCUT2D eigenvalue weighted by molar-refractivity contribution is -0.192. The first-order valence-electron chi connectivity index (χ1n) is 13.2. The van der Waals surface area contributed by atoms with Crippen molar-refractivity contribution in [2.75, 3.05) is 46.0 Å². The Kier molecular flexibility index (Phi) is 10.2. The SMILES string of the molecule is Cn1c(=O)c2c(OCCN3CCOCC3)c(C(=O)NCCc3ccccc3)sc2c2ccccc21.O=C(O)C(F)(F)F. The molecule has 0 atom stereocenters. The van der Waals surface area contributed by atoms with Crippen molar-refractivity contribution in [2.24, 2.45) is 7.05 Å². The largest absolute Gasteiger partial charge is 0.490 e. The Labute approximate surface area is 243 Å². The minimum absolute atomic E-state index is 0.153. The van der Waals surface area contributed by atoms with Gasteiger partial charge in [-0.25, -0.2) is 4.79 Å². The van der Waals surface area contributed by atoms with E-state index in [1.807, 2.05) is 54.6 Å². The average Bonchev–Trinajstić information content (AvgIpc) is 3.37. The van der Waals surface area contributed by atoms with Crippen LogP contribution in [0.15, 0.2) is 59.4 Å². The third-order valence-corrected chi connectivity index (χ3v) is 7.84. The predicted molar refractivity (Wildman–Crippen MR) is 153 cm³/mol. The molecule has 2 aromatic heterocycles. The smallest absolute Gasteiger partial charge is 0.490 e. The fourth-order valence-electron chi connectivity index (χ4n) is 4.47. The van der Waals surface area contributed by atoms with E-state index in [-0.39, 0.29) is 11.5 Å². The van der Waals surface area contributed by atoms with Crippen LogP contribution >= 0.6 is 11.3 Å². The number of para-hydroxylation sites is 1. The van der Waals surface area contributed by atoms with Crippen molar-refractivity contribution in [1.82, 2.24) is 14.8 Å². The van der Waals surface area contributed by atoms with Gasteiger partial charge < -0.3 is 24.5 Å². The molecule has 0 unspecified atom stereocenters. The van der Waals surface area contributed by atoms with Crippen molar-refractivity contribution in [3.63, 3.8) is 0 Å². The summed E-state index contributed by atoms with van der Waals surface area (Å²) < 4.78 is 45.8. The minimum atomic E-state index is -5.08. The van der Waals surface area contributed by atoms with Crippen molar-refractivity contribution >= 4 is 44.2 Å². The number of fused-ring (bicyclic) bond motifs is 3. The standard InChI is InChI=1S/C27H29N3O4S.C2HF3O2/c1-29-21-10-6-5-9-20(21)24-22(27(29)32)23(34-18-15-30-13-16-33-17-14-30)25(35-24)26(31)28-12-11-19-7-3-2-4-8-19;3-2(4,5)1(6)7/h2-10H,11-18H2,1H3,(H,28,31);(H,6,7). The summed E-state index contributed by atoms with van der Waals surface area (Å²) in [4.78, 5) is 38.3. The summed E-state index contributed by atoms with van der Waals surface area (Å²) in [5, 5.41) is 11.6. The van der Waals surface area contributed by atoms with Crippen molar-refractivity contribution in [3.05, 3.63) is 75.4 Å². The third kappa shape index (κ3) is 7.46. The van der Waals surface area contributed by atoms with E-state index >= 15 is 0 Å². The summed E-state index contributed by atoms with van der Waals surface area (Å²) in [5.41, 5.74) is 1.84. The van der Waals surface area contributed by atoms with Crippen LogP contribution in [0.4, 0.5) is 13.2 Å². The molecule has 2 aromatic carbocycles. The van der Waals surface area contributed by atoms with Crippen LogP contribution in [-0.2, 0) is 23.0 Å². The van der Waals surface area contributed by atoms with Gasteiger partial charge >= 0.3 is 12.1 Å². The summed E-state index contributed by atoms with van der Waals surface area (Å²) in [6.07, 6.45) is -4.35. The highest BCUT2D eigenvalue weighted by molar-refractivity contribution is 7.22. The maximum atomic E-state index is 13.4. The lowest BCUT2D eigenvalue weighted by atomic mass is 10.1. The van der Waals surface area contributed by atoms with E-state index in [1.54, 1.807) is 11.6 Å². The number of hydrogen-bond donors (Lipinski definition) is 2. The van der Waals surface area contributed by atoms with Gasteiger partial charge in [0.25, 0.3) is 11.5 Å². The number of thiophene rings is 1. The first-order valence-corrected chi connectivity index (χ1v) is 14.0. The number of ether oxygens (including phenoxy) is 2. The number of aryl methyl sites for hydroxylation is 1. The summed E-state index contributed by atoms with van der Waals surface area (Å²) in [7, 11) is 1.76. The van der Waals surface area contributed by atoms with Gasteiger partial charge in [-0.1, -0.05) is 48.5 Å². The Morgan fingerprint density at radius 1 is 1.07 bits per heavy atom. The van der Waals surface area contributed by atoms with Crippen molar-refractivity contribution in [1.29, 1.82) is 0 Å². The second-order valence-corrected chi connectivity index (χ2v) is 10.5. The number of nitrogens with zero attached hydrogens (tertiary/aromatic N) is 2. The highest BCUT2D eigenvalue weighted by atomic mass is 32.1. The molecule has 1 aliphatic rings. The number of carbonyl (C=O) groups excluding carboxylic acids is 1. The molecule has 224 valence electrons. The molecule has 3 heterocycles. The number of morpholine rings is 1. The summed E-state index contributed by atoms with van der Waals surface area (Å²) in [6, 6.07) is 17.8. The number of pyridine rings is 1. The molecule has 1 fully saturated rings. The molecule has 13 heteroatoms. The number of aromatic nitrogens is 1. The maximum absolute atomic E-state index is 13.4. The van der Waals surface area contributed by atoms with E-state index in [0.717, 1.165) is 40.7 Å². The number of aliphatic carboxylic acids is 1. The third-order valence-electron chi connectivity index (χ3n) is 6.64. The van der Waals surface area contributed by atoms with Crippen LogP contribution < -0.4 is 15.6 Å². The molecule has 0 saturated carbocycles. The van der Waals surface area contributed by atoms with Crippen LogP contribution in [0.2, 0.25) is 0 Å². The monoisotopic (exact) mass is 605 g/mol. The molecule has 1 amide bonds. The van der Waals surface area contributed by atoms with Crippen LogP contribution in [-0.4, -0.2) is 78.6 Å². The quantitative estimate of drug-likeness (QED) is 0.312. The molecule has 9 nitrogen and oxygen atoms in total. The summed E-state index contributed by atoms with van der Waals surface area (Å²) in [6.45, 7) is 4.74. The van der Waals surface area contributed by atoms with E-state index < -0.39 is 12.1 Å². The number of hydrogen-bond acceptors (Lipinski definition) is 7. The Hall–Kier alpha value is -3.94. The fourth-order valence-corrected chi connectivity index (χ4v) is 5.66. The minimum Gasteiger partial charge on any atom is -0.490 e. The van der Waals surface area contributed by atoms with Crippen LogP contribution in [0.1, 0.15) is 15.2 Å². The lowest BCUT2D eigenvalue weighted by Crippen LogP contribution is -2.38. The highest BCUT2D eigenvalue weighted by Crippen LogP contribution is 2.39. The first kappa shape index (κ1) is 31.0. The van der Waals surface area contributed by atoms with Gasteiger partial charge in [0, 0.05) is 38.6 Å². The zero-order valence-corrected chi connectivity index (χ0v) is 23.6. The molecule has 4 aromatic rings. The van der Waals surface area contributed by atoms with E-state index in [4.69, 9.17) is 19.4 Å².